The van der Waals surface area contributed by atoms with Crippen molar-refractivity contribution >= 4 is 28.9 Å². The Morgan fingerprint density at radius 1 is 0.844 bits per heavy atom. The standard InChI is InChI=1S/C22H33N9O/c23-13-5-14(24)10-30(9-13)20-7-17(28-19-4-2-1-3-18(19)22(27)32)8-21(29-20)31-11-15(25)6-16(26)12-31/h1-4,7-8,13-16H,5-6,9-12,23-26H2,(H2,27,32)(H,28,29)/t13-,14+,15-,16+. The van der Waals surface area contributed by atoms with Crippen molar-refractivity contribution < 1.29 is 4.79 Å². The molecule has 0 unspecified atom stereocenters. The number of nitrogens with zero attached hydrogens (tertiary/aromatic N) is 3. The van der Waals surface area contributed by atoms with Gasteiger partial charge in [-0.3, -0.25) is 4.79 Å². The van der Waals surface area contributed by atoms with Gasteiger partial charge in [-0.15, -0.1) is 0 Å². The first kappa shape index (κ1) is 22.3. The zero-order valence-electron chi connectivity index (χ0n) is 18.2. The molecule has 1 amide bonds. The maximum absolute atomic E-state index is 11.9. The molecule has 0 aliphatic carbocycles. The number of rotatable bonds is 5. The molecule has 32 heavy (non-hydrogen) atoms. The molecule has 0 radical (unpaired) electrons. The predicted molar refractivity (Wildman–Crippen MR) is 128 cm³/mol. The number of para-hydroxylation sites is 1. The molecule has 0 saturated carbocycles. The molecule has 10 nitrogen and oxygen atoms in total. The number of carbonyl (C=O) groups excluding carboxylic acids is 1. The summed E-state index contributed by atoms with van der Waals surface area (Å²) >= 11 is 0. The number of nitrogens with one attached hydrogen (secondary N) is 1. The van der Waals surface area contributed by atoms with Crippen molar-refractivity contribution in [1.29, 1.82) is 0 Å². The minimum atomic E-state index is -0.497. The first-order valence-corrected chi connectivity index (χ1v) is 11.0. The van der Waals surface area contributed by atoms with Gasteiger partial charge in [-0.2, -0.15) is 0 Å². The van der Waals surface area contributed by atoms with Crippen molar-refractivity contribution in [1.82, 2.24) is 4.98 Å². The number of pyridine rings is 1. The van der Waals surface area contributed by atoms with Crippen LogP contribution in [-0.2, 0) is 0 Å². The Kier molecular flexibility index (Phi) is 6.47. The van der Waals surface area contributed by atoms with Gasteiger partial charge in [0.15, 0.2) is 0 Å². The second-order valence-corrected chi connectivity index (χ2v) is 8.93. The van der Waals surface area contributed by atoms with Gasteiger partial charge in [0.1, 0.15) is 11.6 Å². The van der Waals surface area contributed by atoms with E-state index in [4.69, 9.17) is 33.7 Å². The molecule has 11 N–H and O–H groups in total. The van der Waals surface area contributed by atoms with Crippen LogP contribution in [0.4, 0.5) is 23.0 Å². The van der Waals surface area contributed by atoms with E-state index in [1.807, 2.05) is 24.3 Å². The molecule has 0 bridgehead atoms. The van der Waals surface area contributed by atoms with Crippen molar-refractivity contribution in [2.45, 2.75) is 37.0 Å². The topological polar surface area (TPSA) is 179 Å². The van der Waals surface area contributed by atoms with Gasteiger partial charge in [0.25, 0.3) is 5.91 Å². The Bertz CT molecular complexity index is 904. The molecule has 10 heteroatoms. The molecule has 4 atom stereocenters. The number of hydrogen-bond donors (Lipinski definition) is 6. The molecule has 3 heterocycles. The minimum Gasteiger partial charge on any atom is -0.366 e. The van der Waals surface area contributed by atoms with E-state index in [2.05, 4.69) is 15.1 Å². The monoisotopic (exact) mass is 439 g/mol. The summed E-state index contributed by atoms with van der Waals surface area (Å²) in [4.78, 5) is 21.0. The summed E-state index contributed by atoms with van der Waals surface area (Å²) in [6.45, 7) is 2.67. The summed E-state index contributed by atoms with van der Waals surface area (Å²) in [5.41, 5.74) is 32.3. The fourth-order valence-corrected chi connectivity index (χ4v) is 4.59. The maximum atomic E-state index is 11.9. The van der Waals surface area contributed by atoms with E-state index in [1.54, 1.807) is 12.1 Å². The van der Waals surface area contributed by atoms with Crippen LogP contribution < -0.4 is 43.8 Å². The van der Waals surface area contributed by atoms with E-state index in [-0.39, 0.29) is 24.2 Å². The summed E-state index contributed by atoms with van der Waals surface area (Å²) in [7, 11) is 0. The Hall–Kier alpha value is -2.92. The number of anilines is 4. The van der Waals surface area contributed by atoms with Crippen molar-refractivity contribution in [2.24, 2.45) is 28.7 Å². The summed E-state index contributed by atoms with van der Waals surface area (Å²) in [6, 6.07) is 10.9. The average Bonchev–Trinajstić information content (AvgIpc) is 2.72. The number of primary amides is 1. The SMILES string of the molecule is NC(=O)c1ccccc1Nc1cc(N2C[C@H](N)C[C@H](N)C2)nc(N2C[C@H](N)C[C@H](N)C2)c1. The fraction of sp³-hybridized carbons (Fsp3) is 0.455. The van der Waals surface area contributed by atoms with Gasteiger partial charge in [-0.1, -0.05) is 12.1 Å². The summed E-state index contributed by atoms with van der Waals surface area (Å²) in [5.74, 6) is 1.03. The third kappa shape index (κ3) is 5.10. The normalized spacial score (nSPS) is 26.1. The minimum absolute atomic E-state index is 0.0203. The van der Waals surface area contributed by atoms with E-state index >= 15 is 0 Å². The predicted octanol–water partition coefficient (Wildman–Crippen LogP) is -0.346. The molecule has 2 saturated heterocycles. The van der Waals surface area contributed by atoms with E-state index < -0.39 is 5.91 Å². The first-order valence-electron chi connectivity index (χ1n) is 11.0. The van der Waals surface area contributed by atoms with Crippen molar-refractivity contribution in [3.8, 4) is 0 Å². The van der Waals surface area contributed by atoms with E-state index in [0.29, 0.717) is 37.4 Å². The highest BCUT2D eigenvalue weighted by Crippen LogP contribution is 2.30. The summed E-state index contributed by atoms with van der Waals surface area (Å²) in [6.07, 6.45) is 1.56. The number of amides is 1. The lowest BCUT2D eigenvalue weighted by Crippen LogP contribution is -2.53. The number of piperidine rings is 2. The van der Waals surface area contributed by atoms with Crippen LogP contribution >= 0.6 is 0 Å². The van der Waals surface area contributed by atoms with E-state index in [9.17, 15) is 4.79 Å². The zero-order chi connectivity index (χ0) is 22.8. The lowest BCUT2D eigenvalue weighted by molar-refractivity contribution is 0.100. The molecular weight excluding hydrogens is 406 g/mol. The van der Waals surface area contributed by atoms with Gasteiger partial charge in [0, 0.05) is 68.2 Å². The Balaban J connectivity index is 1.71. The number of benzene rings is 1. The van der Waals surface area contributed by atoms with Crippen LogP contribution in [0.15, 0.2) is 36.4 Å². The van der Waals surface area contributed by atoms with Crippen LogP contribution in [0, 0.1) is 0 Å². The second kappa shape index (κ2) is 9.29. The number of nitrogens with two attached hydrogens (primary N) is 5. The molecule has 1 aromatic carbocycles. The number of hydrogen-bond acceptors (Lipinski definition) is 9. The highest BCUT2D eigenvalue weighted by atomic mass is 16.1. The van der Waals surface area contributed by atoms with E-state index in [0.717, 1.165) is 30.2 Å². The van der Waals surface area contributed by atoms with Gasteiger partial charge >= 0.3 is 0 Å². The van der Waals surface area contributed by atoms with Crippen molar-refractivity contribution in [2.75, 3.05) is 41.3 Å². The van der Waals surface area contributed by atoms with Crippen molar-refractivity contribution in [3.05, 3.63) is 42.0 Å². The molecule has 2 aliphatic heterocycles. The summed E-state index contributed by atoms with van der Waals surface area (Å²) < 4.78 is 0. The molecule has 2 aromatic rings. The lowest BCUT2D eigenvalue weighted by Gasteiger charge is -2.38. The smallest absolute Gasteiger partial charge is 0.250 e. The molecule has 1 aromatic heterocycles. The zero-order valence-corrected chi connectivity index (χ0v) is 18.2. The van der Waals surface area contributed by atoms with Gasteiger partial charge in [-0.25, -0.2) is 4.98 Å². The molecule has 172 valence electrons. The molecular formula is C22H33N9O. The van der Waals surface area contributed by atoms with E-state index in [1.165, 1.54) is 0 Å². The number of aromatic nitrogens is 1. The quantitative estimate of drug-likeness (QED) is 0.363. The highest BCUT2D eigenvalue weighted by molar-refractivity contribution is 5.99. The van der Waals surface area contributed by atoms with Crippen LogP contribution in [0.3, 0.4) is 0 Å². The molecule has 2 aliphatic rings. The second-order valence-electron chi connectivity index (χ2n) is 8.93. The number of carbonyl (C=O) groups is 1. The third-order valence-electron chi connectivity index (χ3n) is 5.95. The van der Waals surface area contributed by atoms with Crippen LogP contribution in [0.2, 0.25) is 0 Å². The summed E-state index contributed by atoms with van der Waals surface area (Å²) in [5, 5.41) is 3.34. The van der Waals surface area contributed by atoms with Crippen LogP contribution in [0.25, 0.3) is 0 Å². The third-order valence-corrected chi connectivity index (χ3v) is 5.95. The fourth-order valence-electron chi connectivity index (χ4n) is 4.59. The Labute approximate surface area is 188 Å². The average molecular weight is 440 g/mol. The van der Waals surface area contributed by atoms with Crippen LogP contribution in [-0.4, -0.2) is 61.2 Å². The Morgan fingerprint density at radius 3 is 1.78 bits per heavy atom. The van der Waals surface area contributed by atoms with Crippen LogP contribution in [0.5, 0.6) is 0 Å². The lowest BCUT2D eigenvalue weighted by atomic mass is 10.0. The van der Waals surface area contributed by atoms with Gasteiger partial charge in [0.05, 0.1) is 11.3 Å². The largest absolute Gasteiger partial charge is 0.366 e. The Morgan fingerprint density at radius 2 is 1.31 bits per heavy atom. The first-order chi connectivity index (χ1) is 15.3. The molecule has 0 spiro atoms. The van der Waals surface area contributed by atoms with Gasteiger partial charge in [-0.05, 0) is 25.0 Å². The maximum Gasteiger partial charge on any atom is 0.250 e. The highest BCUT2D eigenvalue weighted by Gasteiger charge is 2.27. The van der Waals surface area contributed by atoms with Crippen molar-refractivity contribution in [3.63, 3.8) is 0 Å². The molecule has 4 rings (SSSR count). The van der Waals surface area contributed by atoms with Gasteiger partial charge in [0.2, 0.25) is 0 Å². The van der Waals surface area contributed by atoms with Gasteiger partial charge < -0.3 is 43.8 Å². The molecule has 2 fully saturated rings. The van der Waals surface area contributed by atoms with Crippen LogP contribution in [0.1, 0.15) is 23.2 Å².